The number of aliphatic carboxylic acids is 1. The normalized spacial score (nSPS) is 18.9. The molecule has 2 rings (SSSR count). The van der Waals surface area contributed by atoms with Crippen LogP contribution in [0.25, 0.3) is 0 Å². The third-order valence-corrected chi connectivity index (χ3v) is 4.19. The predicted molar refractivity (Wildman–Crippen MR) is 75.5 cm³/mol. The number of amides is 2. The van der Waals surface area contributed by atoms with Crippen LogP contribution in [0.1, 0.15) is 5.56 Å². The van der Waals surface area contributed by atoms with E-state index in [0.717, 1.165) is 11.3 Å². The van der Waals surface area contributed by atoms with Crippen LogP contribution < -0.4 is 0 Å². The third-order valence-electron chi connectivity index (χ3n) is 3.16. The highest BCUT2D eigenvalue weighted by atomic mass is 32.2. The molecule has 1 saturated heterocycles. The maximum atomic E-state index is 12.4. The minimum atomic E-state index is -0.944. The lowest BCUT2D eigenvalue weighted by molar-refractivity contribution is -0.141. The van der Waals surface area contributed by atoms with Crippen LogP contribution in [0.5, 0.6) is 0 Å². The molecule has 110 valence electrons. The number of hydrogen-bond donors (Lipinski definition) is 1. The summed E-state index contributed by atoms with van der Waals surface area (Å²) in [6.07, 6.45) is 3.54. The summed E-state index contributed by atoms with van der Waals surface area (Å²) in [7, 11) is 3.49. The van der Waals surface area contributed by atoms with Gasteiger partial charge in [0.2, 0.25) is 0 Å². The van der Waals surface area contributed by atoms with Crippen LogP contribution in [-0.2, 0) is 18.4 Å². The summed E-state index contributed by atoms with van der Waals surface area (Å²) < 4.78 is 1.67. The monoisotopic (exact) mass is 298 g/mol. The summed E-state index contributed by atoms with van der Waals surface area (Å²) in [4.78, 5) is 26.6. The molecule has 0 aliphatic carbocycles. The first-order chi connectivity index (χ1) is 9.49. The van der Waals surface area contributed by atoms with Crippen molar-refractivity contribution in [1.29, 1.82) is 0 Å². The number of carbonyl (C=O) groups is 2. The standard InChI is InChI=1S/C12H18N4O3S/c1-14(6-9-5-13-15(2)7-9)12(19)16-3-4-20-8-10(16)11(17)18/h5,7,10H,3-4,6,8H2,1-2H3,(H,17,18). The van der Waals surface area contributed by atoms with E-state index in [4.69, 9.17) is 0 Å². The SMILES string of the molecule is CN(Cc1cnn(C)c1)C(=O)N1CCSCC1C(=O)O. The number of thioether (sulfide) groups is 1. The van der Waals surface area contributed by atoms with Crippen molar-refractivity contribution in [2.24, 2.45) is 7.05 Å². The smallest absolute Gasteiger partial charge is 0.327 e. The van der Waals surface area contributed by atoms with E-state index in [9.17, 15) is 14.7 Å². The van der Waals surface area contributed by atoms with E-state index < -0.39 is 12.0 Å². The van der Waals surface area contributed by atoms with E-state index >= 15 is 0 Å². The maximum Gasteiger partial charge on any atom is 0.327 e. The van der Waals surface area contributed by atoms with Crippen LogP contribution in [0, 0.1) is 0 Å². The molecule has 0 spiro atoms. The van der Waals surface area contributed by atoms with Crippen molar-refractivity contribution in [2.75, 3.05) is 25.1 Å². The quantitative estimate of drug-likeness (QED) is 0.878. The number of carboxylic acids is 1. The fourth-order valence-electron chi connectivity index (χ4n) is 2.15. The van der Waals surface area contributed by atoms with E-state index in [0.29, 0.717) is 18.8 Å². The molecule has 2 amide bonds. The van der Waals surface area contributed by atoms with Gasteiger partial charge in [0.1, 0.15) is 6.04 Å². The van der Waals surface area contributed by atoms with Gasteiger partial charge in [0, 0.05) is 43.9 Å². The molecule has 1 aromatic heterocycles. The zero-order valence-electron chi connectivity index (χ0n) is 11.5. The van der Waals surface area contributed by atoms with Crippen molar-refractivity contribution in [3.8, 4) is 0 Å². The number of aromatic nitrogens is 2. The Morgan fingerprint density at radius 1 is 1.60 bits per heavy atom. The van der Waals surface area contributed by atoms with Crippen molar-refractivity contribution < 1.29 is 14.7 Å². The Kier molecular flexibility index (Phi) is 4.53. The van der Waals surface area contributed by atoms with Gasteiger partial charge in [0.15, 0.2) is 0 Å². The largest absolute Gasteiger partial charge is 0.480 e. The van der Waals surface area contributed by atoms with Crippen LogP contribution in [0.3, 0.4) is 0 Å². The van der Waals surface area contributed by atoms with Gasteiger partial charge in [0.25, 0.3) is 0 Å². The Morgan fingerprint density at radius 2 is 2.35 bits per heavy atom. The number of nitrogens with zero attached hydrogens (tertiary/aromatic N) is 4. The van der Waals surface area contributed by atoms with Crippen LogP contribution in [0.2, 0.25) is 0 Å². The van der Waals surface area contributed by atoms with Crippen molar-refractivity contribution in [3.05, 3.63) is 18.0 Å². The Bertz CT molecular complexity index is 505. The average Bonchev–Trinajstić information content (AvgIpc) is 2.83. The zero-order chi connectivity index (χ0) is 14.7. The van der Waals surface area contributed by atoms with Crippen molar-refractivity contribution >= 4 is 23.8 Å². The molecular weight excluding hydrogens is 280 g/mol. The minimum absolute atomic E-state index is 0.249. The predicted octanol–water partition coefficient (Wildman–Crippen LogP) is 0.474. The van der Waals surface area contributed by atoms with Gasteiger partial charge in [-0.3, -0.25) is 4.68 Å². The van der Waals surface area contributed by atoms with Gasteiger partial charge < -0.3 is 14.9 Å². The van der Waals surface area contributed by atoms with Crippen molar-refractivity contribution in [2.45, 2.75) is 12.6 Å². The van der Waals surface area contributed by atoms with Crippen molar-refractivity contribution in [3.63, 3.8) is 0 Å². The van der Waals surface area contributed by atoms with Gasteiger partial charge in [-0.25, -0.2) is 9.59 Å². The van der Waals surface area contributed by atoms with Gasteiger partial charge >= 0.3 is 12.0 Å². The lowest BCUT2D eigenvalue weighted by Crippen LogP contribution is -2.53. The third kappa shape index (κ3) is 3.24. The maximum absolute atomic E-state index is 12.4. The first-order valence-corrected chi connectivity index (χ1v) is 7.44. The summed E-state index contributed by atoms with van der Waals surface area (Å²) in [5, 5.41) is 13.2. The highest BCUT2D eigenvalue weighted by Gasteiger charge is 2.33. The van der Waals surface area contributed by atoms with Crippen LogP contribution in [-0.4, -0.2) is 67.8 Å². The number of aryl methyl sites for hydroxylation is 1. The molecule has 0 radical (unpaired) electrons. The Balaban J connectivity index is 2.02. The molecule has 1 aromatic rings. The van der Waals surface area contributed by atoms with E-state index in [1.807, 2.05) is 13.2 Å². The molecule has 0 saturated carbocycles. The molecular formula is C12H18N4O3S. The van der Waals surface area contributed by atoms with E-state index in [1.165, 1.54) is 9.80 Å². The topological polar surface area (TPSA) is 78.7 Å². The molecule has 1 atom stereocenters. The van der Waals surface area contributed by atoms with E-state index in [2.05, 4.69) is 5.10 Å². The molecule has 8 heteroatoms. The van der Waals surface area contributed by atoms with Crippen molar-refractivity contribution in [1.82, 2.24) is 19.6 Å². The molecule has 20 heavy (non-hydrogen) atoms. The molecule has 1 N–H and O–H groups in total. The van der Waals surface area contributed by atoms with Gasteiger partial charge in [-0.15, -0.1) is 0 Å². The number of rotatable bonds is 3. The lowest BCUT2D eigenvalue weighted by Gasteiger charge is -2.35. The average molecular weight is 298 g/mol. The zero-order valence-corrected chi connectivity index (χ0v) is 12.3. The van der Waals surface area contributed by atoms with Gasteiger partial charge in [-0.1, -0.05) is 0 Å². The Hall–Kier alpha value is -1.70. The van der Waals surface area contributed by atoms with E-state index in [-0.39, 0.29) is 6.03 Å². The number of carbonyl (C=O) groups excluding carboxylic acids is 1. The molecule has 1 aliphatic rings. The van der Waals surface area contributed by atoms with Gasteiger partial charge in [-0.05, 0) is 0 Å². The first-order valence-electron chi connectivity index (χ1n) is 6.29. The number of urea groups is 1. The van der Waals surface area contributed by atoms with Gasteiger partial charge in [-0.2, -0.15) is 16.9 Å². The van der Waals surface area contributed by atoms with E-state index in [1.54, 1.807) is 29.7 Å². The van der Waals surface area contributed by atoms with Gasteiger partial charge in [0.05, 0.1) is 12.7 Å². The molecule has 1 unspecified atom stereocenters. The van der Waals surface area contributed by atoms with Crippen LogP contribution in [0.4, 0.5) is 4.79 Å². The molecule has 2 heterocycles. The summed E-state index contributed by atoms with van der Waals surface area (Å²) in [5.41, 5.74) is 0.918. The first kappa shape index (κ1) is 14.7. The fourth-order valence-corrected chi connectivity index (χ4v) is 3.19. The summed E-state index contributed by atoms with van der Waals surface area (Å²) in [5.74, 6) is 0.276. The van der Waals surface area contributed by atoms with Crippen LogP contribution >= 0.6 is 11.8 Å². The Morgan fingerprint density at radius 3 is 2.95 bits per heavy atom. The molecule has 0 bridgehead atoms. The highest BCUT2D eigenvalue weighted by Crippen LogP contribution is 2.18. The van der Waals surface area contributed by atoms with Crippen LogP contribution in [0.15, 0.2) is 12.4 Å². The minimum Gasteiger partial charge on any atom is -0.480 e. The molecule has 1 aliphatic heterocycles. The molecule has 1 fully saturated rings. The Labute approximate surface area is 121 Å². The molecule has 7 nitrogen and oxygen atoms in total. The summed E-state index contributed by atoms with van der Waals surface area (Å²) >= 11 is 1.56. The molecule has 0 aromatic carbocycles. The highest BCUT2D eigenvalue weighted by molar-refractivity contribution is 7.99. The second-order valence-corrected chi connectivity index (χ2v) is 5.93. The summed E-state index contributed by atoms with van der Waals surface area (Å²) in [6.45, 7) is 0.889. The lowest BCUT2D eigenvalue weighted by atomic mass is 10.2. The second-order valence-electron chi connectivity index (χ2n) is 4.78. The number of hydrogen-bond acceptors (Lipinski definition) is 4. The second kappa shape index (κ2) is 6.17. The number of carboxylic acid groups (broad SMARTS) is 1. The fraction of sp³-hybridized carbons (Fsp3) is 0.583. The summed E-state index contributed by atoms with van der Waals surface area (Å²) in [6, 6.07) is -0.987.